The molecule has 5 rings (SSSR count). The van der Waals surface area contributed by atoms with E-state index < -0.39 is 0 Å². The predicted molar refractivity (Wildman–Crippen MR) is 114 cm³/mol. The molecule has 1 amide bonds. The van der Waals surface area contributed by atoms with E-state index >= 15 is 0 Å². The topological polar surface area (TPSA) is 64.2 Å². The molecule has 1 aliphatic rings. The Morgan fingerprint density at radius 1 is 1.10 bits per heavy atom. The van der Waals surface area contributed by atoms with E-state index in [9.17, 15) is 9.18 Å². The number of carbonyl (C=O) groups is 1. The first-order valence-corrected chi connectivity index (χ1v) is 10.7. The Balaban J connectivity index is 1.41. The average molecular weight is 468 g/mol. The van der Waals surface area contributed by atoms with Crippen LogP contribution in [0.2, 0.25) is 0 Å². The van der Waals surface area contributed by atoms with E-state index in [2.05, 4.69) is 31.3 Å². The average Bonchev–Trinajstić information content (AvgIpc) is 3.34. The third-order valence-corrected chi connectivity index (χ3v) is 5.83. The summed E-state index contributed by atoms with van der Waals surface area (Å²) in [5.74, 6) is -0.510. The number of imidazole rings is 1. The molecule has 152 valence electrons. The van der Waals surface area contributed by atoms with Crippen LogP contribution >= 0.6 is 15.9 Å². The largest absolute Gasteiger partial charge is 0.345 e. The lowest BCUT2D eigenvalue weighted by molar-refractivity contribution is 0.0944. The van der Waals surface area contributed by atoms with E-state index in [0.717, 1.165) is 58.4 Å². The second kappa shape index (κ2) is 7.68. The van der Waals surface area contributed by atoms with Crippen molar-refractivity contribution in [2.75, 3.05) is 0 Å². The fourth-order valence-electron chi connectivity index (χ4n) is 3.93. The highest BCUT2D eigenvalue weighted by molar-refractivity contribution is 9.10. The van der Waals surface area contributed by atoms with Gasteiger partial charge < -0.3 is 9.72 Å². The monoisotopic (exact) mass is 467 g/mol. The number of pyridine rings is 1. The van der Waals surface area contributed by atoms with Gasteiger partial charge in [0.15, 0.2) is 5.69 Å². The molecule has 6 nitrogen and oxygen atoms in total. The summed E-state index contributed by atoms with van der Waals surface area (Å²) in [6.07, 6.45) is 7.58. The zero-order valence-corrected chi connectivity index (χ0v) is 17.7. The van der Waals surface area contributed by atoms with Crippen LogP contribution in [0.15, 0.2) is 53.3 Å². The molecule has 0 fully saturated rings. The second-order valence-electron chi connectivity index (χ2n) is 7.40. The third kappa shape index (κ3) is 3.52. The molecule has 0 aliphatic heterocycles. The molecule has 8 heteroatoms. The first kappa shape index (κ1) is 19.0. The number of aromatic nitrogens is 4. The van der Waals surface area contributed by atoms with Gasteiger partial charge in [-0.15, -0.1) is 0 Å². The van der Waals surface area contributed by atoms with E-state index in [1.165, 1.54) is 12.1 Å². The van der Waals surface area contributed by atoms with Gasteiger partial charge in [0.1, 0.15) is 11.5 Å². The smallest absolute Gasteiger partial charge is 0.272 e. The number of nitrogens with one attached hydrogen (secondary N) is 1. The summed E-state index contributed by atoms with van der Waals surface area (Å²) in [6, 6.07) is 10.0. The molecule has 1 aliphatic carbocycles. The SMILES string of the molecule is O=C(NCc1cn2cc(Br)ccc2n1)c1nn(-c2ccc(F)cc2)c2c1CCCC2. The van der Waals surface area contributed by atoms with E-state index in [1.807, 2.05) is 28.9 Å². The third-order valence-electron chi connectivity index (χ3n) is 5.36. The van der Waals surface area contributed by atoms with Crippen molar-refractivity contribution in [2.45, 2.75) is 32.2 Å². The van der Waals surface area contributed by atoms with Crippen LogP contribution in [0.3, 0.4) is 0 Å². The Kier molecular flexibility index (Phi) is 4.86. The highest BCUT2D eigenvalue weighted by Gasteiger charge is 2.25. The van der Waals surface area contributed by atoms with Crippen molar-refractivity contribution >= 4 is 27.5 Å². The molecular weight excluding hydrogens is 449 g/mol. The lowest BCUT2D eigenvalue weighted by Crippen LogP contribution is -2.25. The van der Waals surface area contributed by atoms with Gasteiger partial charge in [-0.2, -0.15) is 5.10 Å². The number of fused-ring (bicyclic) bond motifs is 2. The molecule has 0 saturated heterocycles. The Hall–Kier alpha value is -3.00. The lowest BCUT2D eigenvalue weighted by Gasteiger charge is -2.14. The minimum absolute atomic E-state index is 0.216. The fourth-order valence-corrected chi connectivity index (χ4v) is 4.29. The highest BCUT2D eigenvalue weighted by atomic mass is 79.9. The maximum Gasteiger partial charge on any atom is 0.272 e. The Bertz CT molecular complexity index is 1240. The van der Waals surface area contributed by atoms with Crippen LogP contribution in [-0.2, 0) is 19.4 Å². The minimum atomic E-state index is -0.294. The summed E-state index contributed by atoms with van der Waals surface area (Å²) >= 11 is 3.45. The van der Waals surface area contributed by atoms with Crippen LogP contribution in [0.5, 0.6) is 0 Å². The summed E-state index contributed by atoms with van der Waals surface area (Å²) in [5.41, 5.74) is 4.83. The van der Waals surface area contributed by atoms with Crippen molar-refractivity contribution < 1.29 is 9.18 Å². The van der Waals surface area contributed by atoms with Gasteiger partial charge in [0, 0.05) is 28.1 Å². The Morgan fingerprint density at radius 2 is 1.90 bits per heavy atom. The van der Waals surface area contributed by atoms with E-state index in [-0.39, 0.29) is 11.7 Å². The number of rotatable bonds is 4. The number of hydrogen-bond donors (Lipinski definition) is 1. The van der Waals surface area contributed by atoms with Gasteiger partial charge in [0.05, 0.1) is 17.9 Å². The van der Waals surface area contributed by atoms with Crippen LogP contribution < -0.4 is 5.32 Å². The van der Waals surface area contributed by atoms with Crippen molar-refractivity contribution in [1.29, 1.82) is 0 Å². The van der Waals surface area contributed by atoms with Crippen LogP contribution in [0, 0.1) is 5.82 Å². The fraction of sp³-hybridized carbons (Fsp3) is 0.227. The lowest BCUT2D eigenvalue weighted by atomic mass is 9.95. The zero-order valence-electron chi connectivity index (χ0n) is 16.1. The number of hydrogen-bond acceptors (Lipinski definition) is 3. The van der Waals surface area contributed by atoms with Gasteiger partial charge >= 0.3 is 0 Å². The number of amides is 1. The molecule has 0 saturated carbocycles. The molecule has 3 heterocycles. The van der Waals surface area contributed by atoms with E-state index in [1.54, 1.807) is 16.8 Å². The van der Waals surface area contributed by atoms with E-state index in [4.69, 9.17) is 0 Å². The van der Waals surface area contributed by atoms with Crippen LogP contribution in [-0.4, -0.2) is 25.1 Å². The summed E-state index contributed by atoms with van der Waals surface area (Å²) < 4.78 is 18.0. The number of halogens is 2. The minimum Gasteiger partial charge on any atom is -0.345 e. The maximum absolute atomic E-state index is 13.3. The van der Waals surface area contributed by atoms with Gasteiger partial charge in [-0.05, 0) is 78.0 Å². The van der Waals surface area contributed by atoms with E-state index in [0.29, 0.717) is 12.2 Å². The first-order chi connectivity index (χ1) is 14.6. The van der Waals surface area contributed by atoms with Gasteiger partial charge in [0.2, 0.25) is 0 Å². The number of benzene rings is 1. The van der Waals surface area contributed by atoms with Crippen molar-refractivity contribution in [3.63, 3.8) is 0 Å². The normalized spacial score (nSPS) is 13.4. The standard InChI is InChI=1S/C22H19BrFN5O/c23-14-5-10-20-26-16(13-28(20)12-14)11-25-22(30)21-18-3-1-2-4-19(18)29(27-21)17-8-6-15(24)7-9-17/h5-10,12-13H,1-4,11H2,(H,25,30). The van der Waals surface area contributed by atoms with Crippen LogP contribution in [0.25, 0.3) is 11.3 Å². The van der Waals surface area contributed by atoms with Gasteiger partial charge in [-0.3, -0.25) is 4.79 Å². The van der Waals surface area contributed by atoms with Gasteiger partial charge in [0.25, 0.3) is 5.91 Å². The number of nitrogens with zero attached hydrogens (tertiary/aromatic N) is 4. The molecule has 0 radical (unpaired) electrons. The van der Waals surface area contributed by atoms with Crippen molar-refractivity contribution in [2.24, 2.45) is 0 Å². The molecule has 3 aromatic heterocycles. The molecule has 0 spiro atoms. The Labute approximate surface area is 180 Å². The zero-order chi connectivity index (χ0) is 20.7. The maximum atomic E-state index is 13.3. The van der Waals surface area contributed by atoms with Crippen molar-refractivity contribution in [3.05, 3.63) is 81.7 Å². The predicted octanol–water partition coefficient (Wildman–Crippen LogP) is 4.23. The molecule has 30 heavy (non-hydrogen) atoms. The summed E-state index contributed by atoms with van der Waals surface area (Å²) in [6.45, 7) is 0.316. The first-order valence-electron chi connectivity index (χ1n) is 9.86. The summed E-state index contributed by atoms with van der Waals surface area (Å²) in [4.78, 5) is 17.5. The van der Waals surface area contributed by atoms with Crippen LogP contribution in [0.4, 0.5) is 4.39 Å². The molecular formula is C22H19BrFN5O. The quantitative estimate of drug-likeness (QED) is 0.488. The van der Waals surface area contributed by atoms with Crippen LogP contribution in [0.1, 0.15) is 40.3 Å². The molecule has 0 atom stereocenters. The molecule has 1 N–H and O–H groups in total. The van der Waals surface area contributed by atoms with Gasteiger partial charge in [-0.25, -0.2) is 14.1 Å². The second-order valence-corrected chi connectivity index (χ2v) is 8.31. The van der Waals surface area contributed by atoms with Gasteiger partial charge in [-0.1, -0.05) is 0 Å². The molecule has 1 aromatic carbocycles. The molecule has 4 aromatic rings. The van der Waals surface area contributed by atoms with Crippen molar-refractivity contribution in [1.82, 2.24) is 24.5 Å². The van der Waals surface area contributed by atoms with Crippen molar-refractivity contribution in [3.8, 4) is 5.69 Å². The summed E-state index contributed by atoms with van der Waals surface area (Å²) in [7, 11) is 0. The number of carbonyl (C=O) groups excluding carboxylic acids is 1. The molecule has 0 unspecified atom stereocenters. The summed E-state index contributed by atoms with van der Waals surface area (Å²) in [5, 5.41) is 7.56. The molecule has 0 bridgehead atoms. The highest BCUT2D eigenvalue weighted by Crippen LogP contribution is 2.27. The Morgan fingerprint density at radius 3 is 2.73 bits per heavy atom.